The second-order valence-corrected chi connectivity index (χ2v) is 9.08. The Labute approximate surface area is 187 Å². The first kappa shape index (κ1) is 21.2. The van der Waals surface area contributed by atoms with Gasteiger partial charge < -0.3 is 9.47 Å². The molecule has 0 saturated heterocycles. The lowest BCUT2D eigenvalue weighted by atomic mass is 10.2. The molecule has 2 aromatic heterocycles. The van der Waals surface area contributed by atoms with E-state index in [1.165, 1.54) is 12.1 Å². The summed E-state index contributed by atoms with van der Waals surface area (Å²) in [4.78, 5) is 0.184. The van der Waals surface area contributed by atoms with Crippen LogP contribution in [-0.2, 0) is 10.0 Å². The zero-order valence-electron chi connectivity index (χ0n) is 16.4. The molecule has 0 aliphatic rings. The highest BCUT2D eigenvalue weighted by molar-refractivity contribution is 9.10. The second kappa shape index (κ2) is 9.00. The van der Waals surface area contributed by atoms with Crippen molar-refractivity contribution in [1.82, 2.24) is 24.5 Å². The third-order valence-electron chi connectivity index (χ3n) is 4.35. The van der Waals surface area contributed by atoms with Gasteiger partial charge in [-0.25, -0.2) is 13.1 Å². The molecule has 11 heteroatoms. The molecule has 2 aromatic carbocycles. The van der Waals surface area contributed by atoms with Crippen LogP contribution in [0.4, 0.5) is 0 Å². The van der Waals surface area contributed by atoms with E-state index in [1.807, 2.05) is 24.3 Å². The minimum absolute atomic E-state index is 0.0889. The Balaban J connectivity index is 1.42. The Hall–Kier alpha value is -3.02. The zero-order valence-corrected chi connectivity index (χ0v) is 18.8. The van der Waals surface area contributed by atoms with Crippen LogP contribution in [0.25, 0.3) is 17.0 Å². The van der Waals surface area contributed by atoms with Crippen LogP contribution in [0.15, 0.2) is 70.0 Å². The monoisotopic (exact) mass is 503 g/mol. The fourth-order valence-corrected chi connectivity index (χ4v) is 4.08. The van der Waals surface area contributed by atoms with Gasteiger partial charge in [0, 0.05) is 22.6 Å². The number of ether oxygens (including phenoxy) is 2. The van der Waals surface area contributed by atoms with Gasteiger partial charge >= 0.3 is 0 Å². The molecule has 1 N–H and O–H groups in total. The van der Waals surface area contributed by atoms with Crippen molar-refractivity contribution in [2.45, 2.75) is 4.90 Å². The molecular weight excluding hydrogens is 486 g/mol. The largest absolute Gasteiger partial charge is 0.497 e. The van der Waals surface area contributed by atoms with Crippen molar-refractivity contribution in [1.29, 1.82) is 0 Å². The highest BCUT2D eigenvalue weighted by Gasteiger charge is 2.14. The topological polar surface area (TPSA) is 108 Å². The summed E-state index contributed by atoms with van der Waals surface area (Å²) in [6, 6.07) is 17.2. The smallest absolute Gasteiger partial charge is 0.240 e. The number of hydrogen-bond donors (Lipinski definition) is 1. The Morgan fingerprint density at radius 2 is 1.74 bits per heavy atom. The maximum absolute atomic E-state index is 12.3. The molecule has 0 fully saturated rings. The number of benzene rings is 2. The first-order valence-electron chi connectivity index (χ1n) is 9.21. The number of aromatic nitrogens is 4. The van der Waals surface area contributed by atoms with Gasteiger partial charge in [-0.3, -0.25) is 0 Å². The molecule has 31 heavy (non-hydrogen) atoms. The van der Waals surface area contributed by atoms with E-state index >= 15 is 0 Å². The van der Waals surface area contributed by atoms with Gasteiger partial charge in [0.05, 0.1) is 12.0 Å². The summed E-state index contributed by atoms with van der Waals surface area (Å²) in [6.07, 6.45) is 0. The number of halogens is 1. The number of hydrogen-bond acceptors (Lipinski definition) is 7. The maximum Gasteiger partial charge on any atom is 0.240 e. The van der Waals surface area contributed by atoms with Crippen LogP contribution >= 0.6 is 15.9 Å². The van der Waals surface area contributed by atoms with E-state index in [0.29, 0.717) is 17.4 Å². The lowest BCUT2D eigenvalue weighted by molar-refractivity contribution is 0.306. The van der Waals surface area contributed by atoms with E-state index in [-0.39, 0.29) is 18.0 Å². The van der Waals surface area contributed by atoms with Crippen molar-refractivity contribution in [2.24, 2.45) is 0 Å². The summed E-state index contributed by atoms with van der Waals surface area (Å²) in [5.74, 6) is 1.61. The van der Waals surface area contributed by atoms with Crippen LogP contribution in [-0.4, -0.2) is 48.5 Å². The molecule has 2 heterocycles. The Morgan fingerprint density at radius 3 is 2.45 bits per heavy atom. The molecule has 0 saturated carbocycles. The fourth-order valence-electron chi connectivity index (χ4n) is 2.80. The normalized spacial score (nSPS) is 11.5. The highest BCUT2D eigenvalue weighted by atomic mass is 79.9. The molecule has 0 amide bonds. The Kier molecular flexibility index (Phi) is 6.16. The highest BCUT2D eigenvalue weighted by Crippen LogP contribution is 2.22. The quantitative estimate of drug-likeness (QED) is 0.368. The predicted octanol–water partition coefficient (Wildman–Crippen LogP) is 2.92. The average molecular weight is 504 g/mol. The fraction of sp³-hybridized carbons (Fsp3) is 0.150. The molecule has 9 nitrogen and oxygen atoms in total. The maximum atomic E-state index is 12.3. The Bertz CT molecular complexity index is 1290. The molecule has 0 aliphatic carbocycles. The van der Waals surface area contributed by atoms with E-state index in [1.54, 1.807) is 35.9 Å². The summed E-state index contributed by atoms with van der Waals surface area (Å²) in [6.45, 7) is 0.194. The number of sulfonamides is 1. The van der Waals surface area contributed by atoms with Crippen LogP contribution in [0.5, 0.6) is 11.6 Å². The van der Waals surface area contributed by atoms with Crippen molar-refractivity contribution in [2.75, 3.05) is 20.3 Å². The van der Waals surface area contributed by atoms with Gasteiger partial charge in [0.2, 0.25) is 15.9 Å². The van der Waals surface area contributed by atoms with Crippen LogP contribution in [0.3, 0.4) is 0 Å². The predicted molar refractivity (Wildman–Crippen MR) is 118 cm³/mol. The molecular formula is C20H18BrN5O4S. The van der Waals surface area contributed by atoms with Gasteiger partial charge in [-0.2, -0.15) is 4.52 Å². The number of fused-ring (bicyclic) bond motifs is 1. The lowest BCUT2D eigenvalue weighted by Crippen LogP contribution is -2.28. The minimum Gasteiger partial charge on any atom is -0.497 e. The number of nitrogens with one attached hydrogen (secondary N) is 1. The van der Waals surface area contributed by atoms with Crippen LogP contribution in [0.2, 0.25) is 0 Å². The molecule has 0 spiro atoms. The second-order valence-electron chi connectivity index (χ2n) is 6.39. The molecule has 0 radical (unpaired) electrons. The van der Waals surface area contributed by atoms with Crippen LogP contribution in [0.1, 0.15) is 0 Å². The first-order chi connectivity index (χ1) is 15.0. The molecule has 0 atom stereocenters. The summed E-state index contributed by atoms with van der Waals surface area (Å²) >= 11 is 3.28. The van der Waals surface area contributed by atoms with Crippen LogP contribution in [0, 0.1) is 0 Å². The van der Waals surface area contributed by atoms with Gasteiger partial charge in [0.25, 0.3) is 0 Å². The van der Waals surface area contributed by atoms with E-state index < -0.39 is 10.0 Å². The molecule has 4 aromatic rings. The molecule has 160 valence electrons. The molecule has 4 rings (SSSR count). The van der Waals surface area contributed by atoms with Crippen molar-refractivity contribution in [3.63, 3.8) is 0 Å². The van der Waals surface area contributed by atoms with E-state index in [9.17, 15) is 8.42 Å². The Morgan fingerprint density at radius 1 is 1.00 bits per heavy atom. The number of methoxy groups -OCH3 is 1. The van der Waals surface area contributed by atoms with E-state index in [2.05, 4.69) is 35.9 Å². The van der Waals surface area contributed by atoms with E-state index in [4.69, 9.17) is 9.47 Å². The molecule has 0 unspecified atom stereocenters. The zero-order chi connectivity index (χ0) is 21.8. The van der Waals surface area contributed by atoms with Crippen LogP contribution < -0.4 is 14.2 Å². The molecule has 0 aliphatic heterocycles. The third kappa shape index (κ3) is 4.84. The van der Waals surface area contributed by atoms with Crippen molar-refractivity contribution in [3.05, 3.63) is 65.1 Å². The lowest BCUT2D eigenvalue weighted by Gasteiger charge is -2.08. The van der Waals surface area contributed by atoms with Crippen molar-refractivity contribution < 1.29 is 17.9 Å². The number of nitrogens with zero attached hydrogens (tertiary/aromatic N) is 4. The van der Waals surface area contributed by atoms with Gasteiger partial charge in [0.1, 0.15) is 12.4 Å². The summed E-state index contributed by atoms with van der Waals surface area (Å²) < 4.78 is 40.3. The van der Waals surface area contributed by atoms with Gasteiger partial charge in [-0.15, -0.1) is 15.3 Å². The summed E-state index contributed by atoms with van der Waals surface area (Å²) in [5, 5.41) is 12.7. The van der Waals surface area contributed by atoms with Gasteiger partial charge in [0.15, 0.2) is 11.5 Å². The summed E-state index contributed by atoms with van der Waals surface area (Å²) in [7, 11) is -2.01. The minimum atomic E-state index is -3.61. The standard InChI is InChI=1S/C20H18BrN5O4S/c1-29-16-6-2-14(3-7-16)20-24-23-18-10-11-19(25-26(18)20)30-13-12-22-31(27,28)17-8-4-15(21)5-9-17/h2-11,22H,12-13H2,1H3. The van der Waals surface area contributed by atoms with Crippen molar-refractivity contribution >= 4 is 31.6 Å². The number of rotatable bonds is 8. The SMILES string of the molecule is COc1ccc(-c2nnc3ccc(OCCNS(=O)(=O)c4ccc(Br)cc4)nn23)cc1. The van der Waals surface area contributed by atoms with Crippen molar-refractivity contribution in [3.8, 4) is 23.0 Å². The molecule has 0 bridgehead atoms. The van der Waals surface area contributed by atoms with E-state index in [0.717, 1.165) is 15.8 Å². The summed E-state index contributed by atoms with van der Waals surface area (Å²) in [5.41, 5.74) is 1.38. The van der Waals surface area contributed by atoms with Gasteiger partial charge in [-0.05, 0) is 54.6 Å². The average Bonchev–Trinajstić information content (AvgIpc) is 3.20. The van der Waals surface area contributed by atoms with Gasteiger partial charge in [-0.1, -0.05) is 15.9 Å². The third-order valence-corrected chi connectivity index (χ3v) is 6.36. The first-order valence-corrected chi connectivity index (χ1v) is 11.5.